The molecular weight excluding hydrogens is 653 g/mol. The zero-order valence-electron chi connectivity index (χ0n) is 31.8. The second-order valence-electron chi connectivity index (χ2n) is 14.6. The lowest BCUT2D eigenvalue weighted by Gasteiger charge is -2.28. The Morgan fingerprint density at radius 2 is 0.741 bits per heavy atom. The van der Waals surface area contributed by atoms with Crippen LogP contribution < -0.4 is 9.80 Å². The van der Waals surface area contributed by atoms with E-state index in [4.69, 9.17) is 0 Å². The van der Waals surface area contributed by atoms with Gasteiger partial charge >= 0.3 is 0 Å². The fourth-order valence-electron chi connectivity index (χ4n) is 7.66. The van der Waals surface area contributed by atoms with Crippen molar-refractivity contribution in [3.63, 3.8) is 0 Å². The SMILES string of the molecule is CCC(C)c1ccc2c(N(c3ccccc3)c3ccc(-c4ccc(N(c5ccccc5)c5cccc6cc(C(C)CC)ccc56)cc4)cc3)cccc2c1. The normalized spacial score (nSPS) is 12.4. The van der Waals surface area contributed by atoms with Crippen LogP contribution in [0.3, 0.4) is 0 Å². The number of benzene rings is 8. The van der Waals surface area contributed by atoms with Gasteiger partial charge in [0, 0.05) is 33.5 Å². The molecule has 0 aliphatic carbocycles. The van der Waals surface area contributed by atoms with Gasteiger partial charge in [-0.15, -0.1) is 0 Å². The third-order valence-electron chi connectivity index (χ3n) is 11.2. The molecule has 0 fully saturated rings. The molecular formula is C52H48N2. The number of anilines is 6. The second-order valence-corrected chi connectivity index (χ2v) is 14.6. The molecule has 0 heterocycles. The van der Waals surface area contributed by atoms with E-state index in [1.807, 2.05) is 0 Å². The van der Waals surface area contributed by atoms with Crippen LogP contribution in [0.2, 0.25) is 0 Å². The Hall–Kier alpha value is -6.12. The number of para-hydroxylation sites is 2. The van der Waals surface area contributed by atoms with Crippen LogP contribution in [0.15, 0.2) is 182 Å². The van der Waals surface area contributed by atoms with Crippen LogP contribution in [0.1, 0.15) is 63.5 Å². The van der Waals surface area contributed by atoms with Gasteiger partial charge in [0.15, 0.2) is 0 Å². The quantitative estimate of drug-likeness (QED) is 0.133. The minimum Gasteiger partial charge on any atom is -0.310 e. The average Bonchev–Trinajstić information content (AvgIpc) is 3.24. The highest BCUT2D eigenvalue weighted by Gasteiger charge is 2.18. The lowest BCUT2D eigenvalue weighted by atomic mass is 9.95. The molecule has 54 heavy (non-hydrogen) atoms. The molecule has 0 amide bonds. The van der Waals surface area contributed by atoms with Gasteiger partial charge in [-0.1, -0.05) is 149 Å². The predicted octanol–water partition coefficient (Wildman–Crippen LogP) is 15.6. The average molecular weight is 701 g/mol. The van der Waals surface area contributed by atoms with Crippen molar-refractivity contribution in [2.24, 2.45) is 0 Å². The summed E-state index contributed by atoms with van der Waals surface area (Å²) in [5.74, 6) is 1.07. The predicted molar refractivity (Wildman–Crippen MR) is 234 cm³/mol. The third-order valence-corrected chi connectivity index (χ3v) is 11.2. The summed E-state index contributed by atoms with van der Waals surface area (Å²) in [4.78, 5) is 4.76. The van der Waals surface area contributed by atoms with E-state index in [9.17, 15) is 0 Å². The van der Waals surface area contributed by atoms with Gasteiger partial charge in [-0.2, -0.15) is 0 Å². The molecule has 0 saturated carbocycles. The first-order chi connectivity index (χ1) is 26.5. The molecule has 0 aromatic heterocycles. The van der Waals surface area contributed by atoms with E-state index in [2.05, 4.69) is 219 Å². The van der Waals surface area contributed by atoms with Crippen LogP contribution in [-0.4, -0.2) is 0 Å². The maximum absolute atomic E-state index is 2.38. The van der Waals surface area contributed by atoms with Crippen LogP contribution in [0.4, 0.5) is 34.1 Å². The van der Waals surface area contributed by atoms with Gasteiger partial charge in [0.25, 0.3) is 0 Å². The molecule has 2 heteroatoms. The van der Waals surface area contributed by atoms with Gasteiger partial charge < -0.3 is 9.80 Å². The Morgan fingerprint density at radius 1 is 0.370 bits per heavy atom. The van der Waals surface area contributed by atoms with Crippen LogP contribution in [-0.2, 0) is 0 Å². The van der Waals surface area contributed by atoms with Crippen molar-refractivity contribution < 1.29 is 0 Å². The molecule has 2 nitrogen and oxygen atoms in total. The second kappa shape index (κ2) is 15.5. The van der Waals surface area contributed by atoms with Crippen molar-refractivity contribution in [1.29, 1.82) is 0 Å². The van der Waals surface area contributed by atoms with Crippen molar-refractivity contribution in [2.75, 3.05) is 9.80 Å². The molecule has 8 aromatic carbocycles. The van der Waals surface area contributed by atoms with Crippen LogP contribution in [0.5, 0.6) is 0 Å². The standard InChI is InChI=1S/C52H48N2/c1-5-37(3)41-27-33-49-43(35-41)15-13-21-51(49)53(45-17-9-7-10-18-45)47-29-23-39(24-30-47)40-25-31-48(32-26-40)54(46-19-11-8-12-20-46)52-22-14-16-44-36-42(38(4)6-2)28-34-50(44)52/h7-38H,5-6H2,1-4H3. The molecule has 0 saturated heterocycles. The number of hydrogen-bond acceptors (Lipinski definition) is 2. The highest BCUT2D eigenvalue weighted by molar-refractivity contribution is 6.00. The first-order valence-electron chi connectivity index (χ1n) is 19.5. The van der Waals surface area contributed by atoms with Gasteiger partial charge in [0.2, 0.25) is 0 Å². The largest absolute Gasteiger partial charge is 0.310 e. The van der Waals surface area contributed by atoms with Crippen molar-refractivity contribution in [3.8, 4) is 11.1 Å². The monoisotopic (exact) mass is 700 g/mol. The fraction of sp³-hybridized carbons (Fsp3) is 0.154. The maximum Gasteiger partial charge on any atom is 0.0540 e. The molecule has 0 radical (unpaired) electrons. The van der Waals surface area contributed by atoms with Crippen LogP contribution in [0, 0.1) is 0 Å². The maximum atomic E-state index is 2.38. The summed E-state index contributed by atoms with van der Waals surface area (Å²) >= 11 is 0. The summed E-state index contributed by atoms with van der Waals surface area (Å²) in [7, 11) is 0. The van der Waals surface area contributed by atoms with E-state index >= 15 is 0 Å². The first kappa shape index (κ1) is 34.9. The van der Waals surface area contributed by atoms with Gasteiger partial charge in [-0.05, 0) is 118 Å². The van der Waals surface area contributed by atoms with Crippen LogP contribution >= 0.6 is 0 Å². The van der Waals surface area contributed by atoms with E-state index in [0.29, 0.717) is 11.8 Å². The third kappa shape index (κ3) is 6.88. The topological polar surface area (TPSA) is 6.48 Å². The lowest BCUT2D eigenvalue weighted by molar-refractivity contribution is 0.735. The smallest absolute Gasteiger partial charge is 0.0540 e. The Morgan fingerprint density at radius 3 is 1.11 bits per heavy atom. The summed E-state index contributed by atoms with van der Waals surface area (Å²) < 4.78 is 0. The van der Waals surface area contributed by atoms with Crippen molar-refractivity contribution in [2.45, 2.75) is 52.4 Å². The van der Waals surface area contributed by atoms with Crippen LogP contribution in [0.25, 0.3) is 32.7 Å². The molecule has 2 unspecified atom stereocenters. The van der Waals surface area contributed by atoms with Crippen molar-refractivity contribution in [3.05, 3.63) is 193 Å². The number of rotatable bonds is 11. The zero-order chi connectivity index (χ0) is 37.0. The summed E-state index contributed by atoms with van der Waals surface area (Å²) in [6.45, 7) is 9.14. The van der Waals surface area contributed by atoms with Gasteiger partial charge in [-0.25, -0.2) is 0 Å². The van der Waals surface area contributed by atoms with Gasteiger partial charge in [0.1, 0.15) is 0 Å². The Labute approximate surface area is 321 Å². The molecule has 0 aliphatic heterocycles. The Bertz CT molecular complexity index is 2310. The molecule has 8 rings (SSSR count). The minimum absolute atomic E-state index is 0.535. The molecule has 266 valence electrons. The Kier molecular flexibility index (Phi) is 10.0. The molecule has 2 atom stereocenters. The van der Waals surface area contributed by atoms with E-state index in [0.717, 1.165) is 35.6 Å². The highest BCUT2D eigenvalue weighted by atomic mass is 15.1. The van der Waals surface area contributed by atoms with E-state index in [-0.39, 0.29) is 0 Å². The summed E-state index contributed by atoms with van der Waals surface area (Å²) in [6.07, 6.45) is 2.26. The molecule has 0 aliphatic rings. The van der Waals surface area contributed by atoms with E-state index < -0.39 is 0 Å². The summed E-state index contributed by atoms with van der Waals surface area (Å²) in [5.41, 5.74) is 12.0. The summed E-state index contributed by atoms with van der Waals surface area (Å²) in [6, 6.07) is 66.7. The highest BCUT2D eigenvalue weighted by Crippen LogP contribution is 2.42. The van der Waals surface area contributed by atoms with Gasteiger partial charge in [-0.3, -0.25) is 0 Å². The minimum atomic E-state index is 0.535. The first-order valence-corrected chi connectivity index (χ1v) is 19.5. The zero-order valence-corrected chi connectivity index (χ0v) is 31.8. The molecule has 0 bridgehead atoms. The fourth-order valence-corrected chi connectivity index (χ4v) is 7.66. The lowest BCUT2D eigenvalue weighted by Crippen LogP contribution is -2.10. The van der Waals surface area contributed by atoms with Crippen molar-refractivity contribution >= 4 is 55.7 Å². The number of nitrogens with zero attached hydrogens (tertiary/aromatic N) is 2. The van der Waals surface area contributed by atoms with Gasteiger partial charge in [0.05, 0.1) is 11.4 Å². The molecule has 8 aromatic rings. The Balaban J connectivity index is 1.14. The number of fused-ring (bicyclic) bond motifs is 2. The molecule has 0 spiro atoms. The van der Waals surface area contributed by atoms with E-state index in [1.165, 1.54) is 55.2 Å². The van der Waals surface area contributed by atoms with E-state index in [1.54, 1.807) is 0 Å². The molecule has 0 N–H and O–H groups in total. The summed E-state index contributed by atoms with van der Waals surface area (Å²) in [5, 5.41) is 5.04. The number of hydrogen-bond donors (Lipinski definition) is 0. The van der Waals surface area contributed by atoms with Crippen molar-refractivity contribution in [1.82, 2.24) is 0 Å².